The van der Waals surface area contributed by atoms with Crippen LogP contribution in [-0.2, 0) is 17.1 Å². The maximum atomic E-state index is 12.9. The van der Waals surface area contributed by atoms with Crippen molar-refractivity contribution in [2.45, 2.75) is 17.9 Å². The molecule has 0 amide bonds. The highest BCUT2D eigenvalue weighted by Crippen LogP contribution is 2.24. The molecule has 2 aromatic carbocycles. The Bertz CT molecular complexity index is 1250. The quantitative estimate of drug-likeness (QED) is 0.615. The van der Waals surface area contributed by atoms with Gasteiger partial charge in [0.25, 0.3) is 5.56 Å². The van der Waals surface area contributed by atoms with E-state index in [1.165, 1.54) is 10.4 Å². The van der Waals surface area contributed by atoms with Crippen molar-refractivity contribution in [1.29, 1.82) is 0 Å². The minimum Gasteiger partial charge on any atom is -0.298 e. The number of sulfonamides is 1. The van der Waals surface area contributed by atoms with E-state index in [1.54, 1.807) is 35.9 Å². The molecule has 3 aromatic rings. The molecule has 1 aliphatic rings. The van der Waals surface area contributed by atoms with Crippen molar-refractivity contribution in [1.82, 2.24) is 18.8 Å². The molecule has 1 saturated heterocycles. The van der Waals surface area contributed by atoms with Crippen LogP contribution >= 0.6 is 11.6 Å². The Morgan fingerprint density at radius 1 is 1.03 bits per heavy atom. The number of benzene rings is 2. The number of piperazine rings is 1. The van der Waals surface area contributed by atoms with Gasteiger partial charge in [-0.3, -0.25) is 14.3 Å². The third-order valence-corrected chi connectivity index (χ3v) is 7.78. The molecule has 30 heavy (non-hydrogen) atoms. The van der Waals surface area contributed by atoms with Crippen LogP contribution in [-0.4, -0.2) is 53.4 Å². The zero-order chi connectivity index (χ0) is 21.5. The van der Waals surface area contributed by atoms with E-state index >= 15 is 0 Å². The summed E-state index contributed by atoms with van der Waals surface area (Å²) in [6.07, 6.45) is 0. The third kappa shape index (κ3) is 3.76. The SMILES string of the molecule is CC(c1nc2ccccc2c(=O)n1C)N1CCN(S(=O)(=O)c2cccc(Cl)c2)CC1. The fraction of sp³-hybridized carbons (Fsp3) is 0.333. The number of aromatic nitrogens is 2. The minimum atomic E-state index is -3.59. The van der Waals surface area contributed by atoms with Crippen molar-refractivity contribution in [3.63, 3.8) is 0 Å². The Morgan fingerprint density at radius 3 is 2.43 bits per heavy atom. The molecule has 1 aromatic heterocycles. The molecule has 1 unspecified atom stereocenters. The Hall–Kier alpha value is -2.26. The number of rotatable bonds is 4. The van der Waals surface area contributed by atoms with Gasteiger partial charge in [-0.05, 0) is 37.3 Å². The van der Waals surface area contributed by atoms with E-state index in [0.29, 0.717) is 47.9 Å². The molecular weight excluding hydrogens is 424 g/mol. The molecule has 158 valence electrons. The fourth-order valence-corrected chi connectivity index (χ4v) is 5.60. The Labute approximate surface area is 180 Å². The molecule has 0 aliphatic carbocycles. The highest BCUT2D eigenvalue weighted by molar-refractivity contribution is 7.89. The van der Waals surface area contributed by atoms with Gasteiger partial charge in [-0.15, -0.1) is 0 Å². The summed E-state index contributed by atoms with van der Waals surface area (Å²) in [6.45, 7) is 3.81. The summed E-state index contributed by atoms with van der Waals surface area (Å²) >= 11 is 5.97. The van der Waals surface area contributed by atoms with Gasteiger partial charge in [0.05, 0.1) is 21.8 Å². The van der Waals surface area contributed by atoms with Crippen LogP contribution in [0.15, 0.2) is 58.2 Å². The average Bonchev–Trinajstić information content (AvgIpc) is 2.76. The predicted octanol–water partition coefficient (Wildman–Crippen LogP) is 2.65. The van der Waals surface area contributed by atoms with Gasteiger partial charge in [0.1, 0.15) is 5.82 Å². The van der Waals surface area contributed by atoms with Gasteiger partial charge in [0, 0.05) is 38.2 Å². The van der Waals surface area contributed by atoms with Gasteiger partial charge >= 0.3 is 0 Å². The molecule has 2 heterocycles. The van der Waals surface area contributed by atoms with Crippen molar-refractivity contribution in [3.8, 4) is 0 Å². The van der Waals surface area contributed by atoms with Crippen LogP contribution in [0.25, 0.3) is 10.9 Å². The van der Waals surface area contributed by atoms with Gasteiger partial charge in [-0.2, -0.15) is 4.31 Å². The van der Waals surface area contributed by atoms with E-state index in [9.17, 15) is 13.2 Å². The topological polar surface area (TPSA) is 75.5 Å². The van der Waals surface area contributed by atoms with Gasteiger partial charge in [0.15, 0.2) is 0 Å². The number of hydrogen-bond acceptors (Lipinski definition) is 5. The Kier molecular flexibility index (Phi) is 5.67. The van der Waals surface area contributed by atoms with Gasteiger partial charge in [-0.1, -0.05) is 29.8 Å². The second-order valence-corrected chi connectivity index (χ2v) is 9.80. The maximum absolute atomic E-state index is 12.9. The molecule has 0 radical (unpaired) electrons. The van der Waals surface area contributed by atoms with Crippen LogP contribution in [0.3, 0.4) is 0 Å². The first-order valence-electron chi connectivity index (χ1n) is 9.74. The average molecular weight is 447 g/mol. The normalized spacial score (nSPS) is 17.3. The van der Waals surface area contributed by atoms with Crippen molar-refractivity contribution in [3.05, 3.63) is 69.7 Å². The summed E-state index contributed by atoms with van der Waals surface area (Å²) in [6, 6.07) is 13.5. The molecule has 0 N–H and O–H groups in total. The summed E-state index contributed by atoms with van der Waals surface area (Å²) in [7, 11) is -1.86. The lowest BCUT2D eigenvalue weighted by atomic mass is 10.2. The van der Waals surface area contributed by atoms with Crippen molar-refractivity contribution >= 4 is 32.5 Å². The molecule has 9 heteroatoms. The number of nitrogens with zero attached hydrogens (tertiary/aromatic N) is 4. The molecule has 1 aliphatic heterocycles. The first-order valence-corrected chi connectivity index (χ1v) is 11.6. The number of hydrogen-bond donors (Lipinski definition) is 0. The van der Waals surface area contributed by atoms with Crippen molar-refractivity contribution < 1.29 is 8.42 Å². The summed E-state index contributed by atoms with van der Waals surface area (Å²) in [5, 5.41) is 0.986. The molecule has 0 bridgehead atoms. The van der Waals surface area contributed by atoms with Crippen molar-refractivity contribution in [2.24, 2.45) is 7.05 Å². The zero-order valence-electron chi connectivity index (χ0n) is 16.8. The van der Waals surface area contributed by atoms with Crippen LogP contribution in [0.5, 0.6) is 0 Å². The monoisotopic (exact) mass is 446 g/mol. The minimum absolute atomic E-state index is 0.0791. The van der Waals surface area contributed by atoms with Crippen molar-refractivity contribution in [2.75, 3.05) is 26.2 Å². The molecule has 1 fully saturated rings. The van der Waals surface area contributed by atoms with E-state index < -0.39 is 10.0 Å². The molecule has 0 saturated carbocycles. The molecule has 0 spiro atoms. The molecular formula is C21H23ClN4O3S. The fourth-order valence-electron chi connectivity index (χ4n) is 3.88. The Balaban J connectivity index is 1.54. The summed E-state index contributed by atoms with van der Waals surface area (Å²) in [5.74, 6) is 0.671. The number of halogens is 1. The van der Waals surface area contributed by atoms with Crippen LogP contribution in [0.1, 0.15) is 18.8 Å². The largest absolute Gasteiger partial charge is 0.298 e. The van der Waals surface area contributed by atoms with E-state index in [-0.39, 0.29) is 16.5 Å². The molecule has 1 atom stereocenters. The van der Waals surface area contributed by atoms with Gasteiger partial charge in [0.2, 0.25) is 10.0 Å². The van der Waals surface area contributed by atoms with E-state index in [2.05, 4.69) is 4.90 Å². The second kappa shape index (κ2) is 8.11. The number of para-hydroxylation sites is 1. The highest BCUT2D eigenvalue weighted by Gasteiger charge is 2.31. The molecule has 4 rings (SSSR count). The van der Waals surface area contributed by atoms with Crippen LogP contribution < -0.4 is 5.56 Å². The second-order valence-electron chi connectivity index (χ2n) is 7.42. The smallest absolute Gasteiger partial charge is 0.261 e. The standard InChI is InChI=1S/C21H23ClN4O3S/c1-15(20-23-19-9-4-3-8-18(19)21(27)24(20)2)25-10-12-26(13-11-25)30(28,29)17-7-5-6-16(22)14-17/h3-9,14-15H,10-13H2,1-2H3. The van der Waals surface area contributed by atoms with Crippen LogP contribution in [0, 0.1) is 0 Å². The zero-order valence-corrected chi connectivity index (χ0v) is 18.4. The Morgan fingerprint density at radius 2 is 1.73 bits per heavy atom. The van der Waals surface area contributed by atoms with E-state index in [1.807, 2.05) is 25.1 Å². The van der Waals surface area contributed by atoms with Crippen LogP contribution in [0.2, 0.25) is 5.02 Å². The molecule has 7 nitrogen and oxygen atoms in total. The highest BCUT2D eigenvalue weighted by atomic mass is 35.5. The maximum Gasteiger partial charge on any atom is 0.261 e. The lowest BCUT2D eigenvalue weighted by molar-refractivity contribution is 0.139. The lowest BCUT2D eigenvalue weighted by Gasteiger charge is -2.37. The van der Waals surface area contributed by atoms with E-state index in [4.69, 9.17) is 16.6 Å². The van der Waals surface area contributed by atoms with Gasteiger partial charge < -0.3 is 0 Å². The lowest BCUT2D eigenvalue weighted by Crippen LogP contribution is -2.49. The third-order valence-electron chi connectivity index (χ3n) is 5.65. The first kappa shape index (κ1) is 21.0. The van der Waals surface area contributed by atoms with Gasteiger partial charge in [-0.25, -0.2) is 13.4 Å². The summed E-state index contributed by atoms with van der Waals surface area (Å²) < 4.78 is 28.9. The predicted molar refractivity (Wildman–Crippen MR) is 117 cm³/mol. The van der Waals surface area contributed by atoms with E-state index in [0.717, 1.165) is 0 Å². The van der Waals surface area contributed by atoms with Crippen LogP contribution in [0.4, 0.5) is 0 Å². The summed E-state index contributed by atoms with van der Waals surface area (Å²) in [4.78, 5) is 19.8. The first-order chi connectivity index (χ1) is 14.3. The number of fused-ring (bicyclic) bond motifs is 1. The summed E-state index contributed by atoms with van der Waals surface area (Å²) in [5.41, 5.74) is 0.592.